The quantitative estimate of drug-likeness (QED) is 0.507. The number of rotatable bonds is 1. The van der Waals surface area contributed by atoms with Crippen molar-refractivity contribution in [3.63, 3.8) is 0 Å². The third kappa shape index (κ3) is 2.25. The molecule has 9 heavy (non-hydrogen) atoms. The molecule has 0 nitrogen and oxygen atoms in total. The van der Waals surface area contributed by atoms with Crippen LogP contribution in [0.2, 0.25) is 12.6 Å². The maximum absolute atomic E-state index is 2.37. The molecule has 52 valence electrons. The highest BCUT2D eigenvalue weighted by Crippen LogP contribution is 2.28. The molecule has 0 radical (unpaired) electrons. The molecule has 0 aromatic heterocycles. The zero-order valence-corrected chi connectivity index (χ0v) is 7.21. The summed E-state index contributed by atoms with van der Waals surface area (Å²) < 4.78 is 0. The van der Waals surface area contributed by atoms with Gasteiger partial charge >= 0.3 is 0 Å². The van der Waals surface area contributed by atoms with Gasteiger partial charge in [-0.3, -0.25) is 0 Å². The van der Waals surface area contributed by atoms with Crippen LogP contribution in [0.15, 0.2) is 0 Å². The molecule has 1 heterocycles. The van der Waals surface area contributed by atoms with Crippen molar-refractivity contribution in [3.8, 4) is 0 Å². The zero-order valence-electron chi connectivity index (χ0n) is 6.39. The molecular weight excluding hydrogens is 127 g/mol. The van der Waals surface area contributed by atoms with E-state index in [1.165, 1.54) is 25.5 Å². The van der Waals surface area contributed by atoms with Crippen molar-refractivity contribution in [2.45, 2.75) is 32.4 Å². The largest absolute Gasteiger partial charge is 0.213 e. The first-order chi connectivity index (χ1) is 4.33. The molecule has 0 aromatic rings. The van der Waals surface area contributed by atoms with E-state index >= 15 is 0 Å². The summed E-state index contributed by atoms with van der Waals surface area (Å²) in [6.07, 6.45) is 8.09. The van der Waals surface area contributed by atoms with Gasteiger partial charge in [0, 0.05) is 0 Å². The predicted molar refractivity (Wildman–Crippen MR) is 47.3 cm³/mol. The second kappa shape index (κ2) is 3.55. The maximum Gasteiger partial charge on any atom is 0.209 e. The first kappa shape index (κ1) is 7.52. The minimum Gasteiger partial charge on any atom is -0.213 e. The molecule has 0 N–H and O–H groups in total. The van der Waals surface area contributed by atoms with Gasteiger partial charge in [0.15, 0.2) is 0 Å². The Balaban J connectivity index is 2.18. The van der Waals surface area contributed by atoms with Gasteiger partial charge in [-0.25, -0.2) is 11.6 Å². The molecule has 0 atom stereocenters. The first-order valence-electron chi connectivity index (χ1n) is 3.85. The summed E-state index contributed by atoms with van der Waals surface area (Å²) >= 11 is 2.05. The maximum atomic E-state index is 2.37. The van der Waals surface area contributed by atoms with Crippen molar-refractivity contribution in [2.75, 3.05) is 6.26 Å². The van der Waals surface area contributed by atoms with E-state index in [1.807, 2.05) is 11.6 Å². The van der Waals surface area contributed by atoms with Crippen molar-refractivity contribution >= 4 is 17.6 Å². The van der Waals surface area contributed by atoms with E-state index in [-0.39, 0.29) is 0 Å². The summed E-state index contributed by atoms with van der Waals surface area (Å²) in [6.45, 7) is 2.37. The Morgan fingerprint density at radius 3 is 2.33 bits per heavy atom. The Labute approximate surface area is 62.8 Å². The number of hydrogen-bond donors (Lipinski definition) is 0. The van der Waals surface area contributed by atoms with E-state index in [9.17, 15) is 0 Å². The Kier molecular flexibility index (Phi) is 2.97. The van der Waals surface area contributed by atoms with Crippen LogP contribution in [0.5, 0.6) is 0 Å². The summed E-state index contributed by atoms with van der Waals surface area (Å²) in [5.74, 6) is 1.99. The van der Waals surface area contributed by atoms with Crippen LogP contribution in [0.1, 0.15) is 19.8 Å². The van der Waals surface area contributed by atoms with Gasteiger partial charge in [0.05, 0.1) is 0 Å². The van der Waals surface area contributed by atoms with Gasteiger partial charge in [-0.05, 0) is 12.2 Å². The molecule has 0 unspecified atom stereocenters. The molecule has 0 amide bonds. The molecule has 1 fully saturated rings. The average Bonchev–Trinajstić information content (AvgIpc) is 1.90. The predicted octanol–water partition coefficient (Wildman–Crippen LogP) is 2.77. The molecule has 0 spiro atoms. The van der Waals surface area contributed by atoms with Crippen molar-refractivity contribution in [2.24, 2.45) is 5.92 Å². The van der Waals surface area contributed by atoms with E-state index in [4.69, 9.17) is 0 Å². The van der Waals surface area contributed by atoms with Crippen LogP contribution < -0.4 is 0 Å². The van der Waals surface area contributed by atoms with Gasteiger partial charge in [-0.15, -0.1) is 0 Å². The van der Waals surface area contributed by atoms with E-state index in [0.717, 1.165) is 11.9 Å². The fraction of sp³-hybridized carbons (Fsp3) is 1.00. The second-order valence-electron chi connectivity index (χ2n) is 3.12. The monoisotopic (exact) mass is 142 g/mol. The van der Waals surface area contributed by atoms with Gasteiger partial charge in [-0.1, -0.05) is 32.4 Å². The fourth-order valence-corrected chi connectivity index (χ4v) is 2.21. The van der Waals surface area contributed by atoms with Crippen LogP contribution in [-0.2, 0) is 0 Å². The fourth-order valence-electron chi connectivity index (χ4n) is 1.47. The topological polar surface area (TPSA) is 0 Å². The molecule has 1 rings (SSSR count). The summed E-state index contributed by atoms with van der Waals surface area (Å²) in [6, 6.07) is 0. The molecule has 1 saturated heterocycles. The number of hydrogen-bond acceptors (Lipinski definition) is 1. The summed E-state index contributed by atoms with van der Waals surface area (Å²) in [7, 11) is 0. The molecule has 1 aliphatic heterocycles. The third-order valence-electron chi connectivity index (χ3n) is 2.30. The van der Waals surface area contributed by atoms with Crippen LogP contribution in [0.3, 0.4) is 0 Å². The highest BCUT2D eigenvalue weighted by Gasteiger charge is 2.19. The lowest BCUT2D eigenvalue weighted by atomic mass is 9.60. The van der Waals surface area contributed by atoms with Crippen molar-refractivity contribution < 1.29 is 0 Å². The van der Waals surface area contributed by atoms with Gasteiger partial charge < -0.3 is 0 Å². The minimum absolute atomic E-state index is 0.987. The van der Waals surface area contributed by atoms with Gasteiger partial charge in [0.1, 0.15) is 0 Å². The molecule has 0 bridgehead atoms. The van der Waals surface area contributed by atoms with Crippen LogP contribution in [-0.4, -0.2) is 12.2 Å². The smallest absolute Gasteiger partial charge is 0.209 e. The molecule has 1 aliphatic rings. The Morgan fingerprint density at radius 1 is 1.33 bits per heavy atom. The lowest BCUT2D eigenvalue weighted by Crippen LogP contribution is -2.16. The molecule has 0 saturated carbocycles. The lowest BCUT2D eigenvalue weighted by molar-refractivity contribution is 0.522. The molecule has 0 aliphatic carbocycles. The van der Waals surface area contributed by atoms with E-state index in [0.29, 0.717) is 0 Å². The van der Waals surface area contributed by atoms with E-state index < -0.39 is 0 Å². The van der Waals surface area contributed by atoms with Gasteiger partial charge in [0.2, 0.25) is 5.99 Å². The van der Waals surface area contributed by atoms with E-state index in [2.05, 4.69) is 13.2 Å². The average molecular weight is 142 g/mol. The molecular formula is C7H15BS. The lowest BCUT2D eigenvalue weighted by Gasteiger charge is -2.21. The van der Waals surface area contributed by atoms with Crippen LogP contribution in [0.25, 0.3) is 0 Å². The zero-order chi connectivity index (χ0) is 6.69. The summed E-state index contributed by atoms with van der Waals surface area (Å²) in [4.78, 5) is 0. The van der Waals surface area contributed by atoms with Crippen LogP contribution >= 0.6 is 11.6 Å². The molecule has 0 aromatic carbocycles. The SMILES string of the molecule is CSB1CCC(C)CC1. The Bertz CT molecular complexity index is 77.0. The second-order valence-corrected chi connectivity index (χ2v) is 4.26. The van der Waals surface area contributed by atoms with Crippen LogP contribution in [0.4, 0.5) is 0 Å². The summed E-state index contributed by atoms with van der Waals surface area (Å²) in [5.41, 5.74) is 0. The van der Waals surface area contributed by atoms with E-state index in [1.54, 1.807) is 0 Å². The third-order valence-corrected chi connectivity index (χ3v) is 3.43. The highest BCUT2D eigenvalue weighted by molar-refractivity contribution is 8.25. The molecule has 2 heteroatoms. The standard InChI is InChI=1S/C7H15BS/c1-7-3-5-8(9-2)6-4-7/h7H,3-6H2,1-2H3. The normalized spacial score (nSPS) is 22.7. The highest BCUT2D eigenvalue weighted by atomic mass is 32.2. The van der Waals surface area contributed by atoms with Gasteiger partial charge in [-0.2, -0.15) is 0 Å². The summed E-state index contributed by atoms with van der Waals surface area (Å²) in [5, 5.41) is 0. The van der Waals surface area contributed by atoms with Crippen molar-refractivity contribution in [1.82, 2.24) is 0 Å². The Hall–Kier alpha value is 0.415. The minimum atomic E-state index is 0.987. The van der Waals surface area contributed by atoms with Crippen LogP contribution in [0, 0.1) is 5.92 Å². The van der Waals surface area contributed by atoms with Crippen molar-refractivity contribution in [3.05, 3.63) is 0 Å². The Morgan fingerprint density at radius 2 is 1.89 bits per heavy atom. The van der Waals surface area contributed by atoms with Gasteiger partial charge in [0.25, 0.3) is 0 Å². The first-order valence-corrected chi connectivity index (χ1v) is 5.14. The van der Waals surface area contributed by atoms with Crippen molar-refractivity contribution in [1.29, 1.82) is 0 Å².